The molecule has 0 radical (unpaired) electrons. The van der Waals surface area contributed by atoms with Crippen LogP contribution in [0.1, 0.15) is 48.5 Å². The number of hydrogen-bond acceptors (Lipinski definition) is 2. The van der Waals surface area contributed by atoms with Gasteiger partial charge in [-0.1, -0.05) is 53.7 Å². The van der Waals surface area contributed by atoms with Gasteiger partial charge >= 0.3 is 34.9 Å². The third-order valence-electron chi connectivity index (χ3n) is 7.54. The normalized spacial score (nSPS) is 11.6. The van der Waals surface area contributed by atoms with Gasteiger partial charge in [-0.25, -0.2) is 0 Å². The Morgan fingerprint density at radius 1 is 0.641 bits per heavy atom. The maximum absolute atomic E-state index is 6.29. The van der Waals surface area contributed by atoms with E-state index in [4.69, 9.17) is 8.85 Å². The second kappa shape index (κ2) is 14.9. The van der Waals surface area contributed by atoms with E-state index in [0.717, 1.165) is 11.5 Å². The Hall–Kier alpha value is -1.55. The summed E-state index contributed by atoms with van der Waals surface area (Å²) in [5.74, 6) is 2.05. The predicted molar refractivity (Wildman–Crippen MR) is 179 cm³/mol. The van der Waals surface area contributed by atoms with Crippen LogP contribution in [-0.2, 0) is 24.2 Å². The fourth-order valence-electron chi connectivity index (χ4n) is 3.26. The molecule has 5 heteroatoms. The van der Waals surface area contributed by atoms with Gasteiger partial charge in [0, 0.05) is 11.5 Å². The molecule has 0 saturated carbocycles. The summed E-state index contributed by atoms with van der Waals surface area (Å²) in [7, 11) is -3.42. The summed E-state index contributed by atoms with van der Waals surface area (Å²) in [6.07, 6.45) is 0. The van der Waals surface area contributed by atoms with Crippen molar-refractivity contribution in [2.45, 2.75) is 84.7 Å². The molecule has 4 aromatic carbocycles. The first-order chi connectivity index (χ1) is 17.0. The van der Waals surface area contributed by atoms with E-state index in [1.807, 2.05) is 6.92 Å². The molecule has 0 aromatic heterocycles. The zero-order chi connectivity index (χ0) is 28.1. The summed E-state index contributed by atoms with van der Waals surface area (Å²) in [6, 6.07) is 25.4. The summed E-state index contributed by atoms with van der Waals surface area (Å²) < 4.78 is 14.7. The van der Waals surface area contributed by atoms with Crippen molar-refractivity contribution in [3.63, 3.8) is 0 Å². The van der Waals surface area contributed by atoms with Crippen molar-refractivity contribution < 1.29 is 33.1 Å². The Morgan fingerprint density at radius 3 is 1.18 bits per heavy atom. The van der Waals surface area contributed by atoms with Gasteiger partial charge in [0.25, 0.3) is 0 Å². The topological polar surface area (TPSA) is 18.5 Å². The molecular formula is C34H52O2Si2Zr-4. The minimum atomic E-state index is -1.71. The monoisotopic (exact) mass is 638 g/mol. The first-order valence-electron chi connectivity index (χ1n) is 13.1. The van der Waals surface area contributed by atoms with Gasteiger partial charge in [-0.2, -0.15) is 0 Å². The van der Waals surface area contributed by atoms with Gasteiger partial charge in [0.1, 0.15) is 0 Å². The van der Waals surface area contributed by atoms with Gasteiger partial charge in [0.05, 0.1) is 0 Å². The Morgan fingerprint density at radius 2 is 0.923 bits per heavy atom. The van der Waals surface area contributed by atoms with E-state index in [1.54, 1.807) is 0 Å². The summed E-state index contributed by atoms with van der Waals surface area (Å²) >= 11 is 1.51. The molecule has 0 fully saturated rings. The van der Waals surface area contributed by atoms with Crippen LogP contribution < -0.4 is 8.85 Å². The molecule has 2 nitrogen and oxygen atoms in total. The van der Waals surface area contributed by atoms with Crippen molar-refractivity contribution in [1.82, 2.24) is 0 Å². The SMILES string of the molecule is CC(C)(C)[Si](C)(C)Oc1cc2ccccc2[cH-]1.CC(C)(C)[Si](C)(C)Oc1cc2ccccc2[cH-]1.C[CH]=[Zr].[CH3-].[CH3-]. The summed E-state index contributed by atoms with van der Waals surface area (Å²) in [6.45, 7) is 24.8. The van der Waals surface area contributed by atoms with Crippen molar-refractivity contribution in [3.8, 4) is 11.5 Å². The first kappa shape index (κ1) is 37.4. The van der Waals surface area contributed by atoms with Gasteiger partial charge in [-0.15, -0.1) is 82.2 Å². The average molecular weight is 640 g/mol. The molecule has 0 spiro atoms. The molecule has 39 heavy (non-hydrogen) atoms. The minimum absolute atomic E-state index is 0. The van der Waals surface area contributed by atoms with Crippen molar-refractivity contribution in [1.29, 1.82) is 0 Å². The third kappa shape index (κ3) is 10.4. The molecule has 0 saturated heterocycles. The third-order valence-corrected chi connectivity index (χ3v) is 16.3. The summed E-state index contributed by atoms with van der Waals surface area (Å²) in [5.41, 5.74) is 0. The largest absolute Gasteiger partial charge is 0.358 e. The van der Waals surface area contributed by atoms with Crippen molar-refractivity contribution in [3.05, 3.63) is 87.6 Å². The second-order valence-corrected chi connectivity index (χ2v) is 23.5. The molecule has 0 amide bonds. The average Bonchev–Trinajstić information content (AvgIpc) is 3.34. The van der Waals surface area contributed by atoms with Crippen LogP contribution in [0.25, 0.3) is 21.5 Å². The Labute approximate surface area is 257 Å². The zero-order valence-electron chi connectivity index (χ0n) is 26.8. The van der Waals surface area contributed by atoms with Crippen molar-refractivity contribution >= 4 is 41.9 Å². The van der Waals surface area contributed by atoms with E-state index in [-0.39, 0.29) is 24.9 Å². The van der Waals surface area contributed by atoms with E-state index in [2.05, 4.69) is 144 Å². The number of hydrogen-bond donors (Lipinski definition) is 0. The molecule has 0 heterocycles. The van der Waals surface area contributed by atoms with Crippen LogP contribution in [0, 0.1) is 14.9 Å². The molecular weight excluding hydrogens is 588 g/mol. The Balaban J connectivity index is 0.000000643. The molecule has 0 aliphatic rings. The molecule has 0 aliphatic carbocycles. The van der Waals surface area contributed by atoms with Crippen molar-refractivity contribution in [2.75, 3.05) is 0 Å². The van der Waals surface area contributed by atoms with Gasteiger partial charge in [-0.05, 0) is 36.3 Å². The molecule has 0 N–H and O–H groups in total. The number of rotatable bonds is 4. The fraction of sp³-hybridized carbons (Fsp3) is 0.382. The summed E-state index contributed by atoms with van der Waals surface area (Å²) in [5, 5.41) is 5.55. The quantitative estimate of drug-likeness (QED) is 0.163. The van der Waals surface area contributed by atoms with E-state index < -0.39 is 16.6 Å². The predicted octanol–water partition coefficient (Wildman–Crippen LogP) is 11.1. The maximum atomic E-state index is 6.29. The van der Waals surface area contributed by atoms with Crippen LogP contribution in [0.3, 0.4) is 0 Å². The minimum Gasteiger partial charge on any atom is -0.358 e. The standard InChI is InChI=1S/2C15H21OSi.C2H4.2CH3.Zr/c2*1-15(2,3)17(4,5)16-14-10-12-8-6-7-9-13(12)11-14;1-2;;;/h2*6-11H,1-5H3;1H,2H3;2*1H3;/q2*-1;;2*-1;. The molecule has 4 rings (SSSR count). The smallest absolute Gasteiger partial charge is 0.358 e. The molecule has 0 aliphatic heterocycles. The van der Waals surface area contributed by atoms with Crippen LogP contribution in [-0.4, -0.2) is 20.3 Å². The van der Waals surface area contributed by atoms with Crippen molar-refractivity contribution in [2.24, 2.45) is 0 Å². The van der Waals surface area contributed by atoms with Gasteiger partial charge in [0.15, 0.2) is 0 Å². The second-order valence-electron chi connectivity index (χ2n) is 12.7. The van der Waals surface area contributed by atoms with Crippen LogP contribution in [0.5, 0.6) is 11.5 Å². The van der Waals surface area contributed by atoms with E-state index in [1.165, 1.54) is 45.8 Å². The van der Waals surface area contributed by atoms with Crippen LogP contribution in [0.4, 0.5) is 0 Å². The van der Waals surface area contributed by atoms with Crippen LogP contribution in [0.2, 0.25) is 36.3 Å². The molecule has 216 valence electrons. The van der Waals surface area contributed by atoms with E-state index >= 15 is 0 Å². The summed E-state index contributed by atoms with van der Waals surface area (Å²) in [4.78, 5) is 0. The molecule has 0 unspecified atom stereocenters. The maximum Gasteiger partial charge on any atom is -0.358 e. The number of fused-ring (bicyclic) bond motifs is 2. The number of benzene rings is 2. The van der Waals surface area contributed by atoms with Gasteiger partial charge in [-0.3, -0.25) is 0 Å². The Bertz CT molecular complexity index is 1120. The first-order valence-corrected chi connectivity index (χ1v) is 20.4. The fourth-order valence-corrected chi connectivity index (χ4v) is 5.28. The van der Waals surface area contributed by atoms with E-state index in [0.29, 0.717) is 0 Å². The van der Waals surface area contributed by atoms with Crippen LogP contribution >= 0.6 is 0 Å². The molecule has 0 atom stereocenters. The van der Waals surface area contributed by atoms with E-state index in [9.17, 15) is 0 Å². The molecule has 0 bridgehead atoms. The molecule has 4 aromatic rings. The Kier molecular flexibility index (Phi) is 14.3. The van der Waals surface area contributed by atoms with Gasteiger partial charge < -0.3 is 23.7 Å². The van der Waals surface area contributed by atoms with Crippen LogP contribution in [0.15, 0.2) is 72.8 Å². The van der Waals surface area contributed by atoms with Gasteiger partial charge in [0.2, 0.25) is 16.6 Å². The zero-order valence-corrected chi connectivity index (χ0v) is 31.3.